The summed E-state index contributed by atoms with van der Waals surface area (Å²) in [5, 5.41) is 21.3. The first-order chi connectivity index (χ1) is 13.9. The van der Waals surface area contributed by atoms with Crippen molar-refractivity contribution in [2.24, 2.45) is 0 Å². The molecule has 2 aromatic carbocycles. The van der Waals surface area contributed by atoms with E-state index in [4.69, 9.17) is 9.15 Å². The van der Waals surface area contributed by atoms with Crippen LogP contribution < -0.4 is 10.1 Å². The standard InChI is InChI=1S/C19H18N4O5S/c1-12-4-3-5-16(13(12)2)27-10-18-21-22-19(28-18)29-11-17(24)20-14-6-8-15(9-7-14)23(25)26/h3-9H,10-11H2,1-2H3,(H,20,24). The number of non-ortho nitro benzene ring substituents is 1. The number of hydrogen-bond acceptors (Lipinski definition) is 8. The van der Waals surface area contributed by atoms with Crippen LogP contribution in [0.25, 0.3) is 0 Å². The van der Waals surface area contributed by atoms with Crippen molar-refractivity contribution in [2.75, 3.05) is 11.1 Å². The third-order valence-corrected chi connectivity index (χ3v) is 4.86. The van der Waals surface area contributed by atoms with Crippen molar-refractivity contribution < 1.29 is 18.9 Å². The number of nitro benzene ring substituents is 1. The highest BCUT2D eigenvalue weighted by molar-refractivity contribution is 7.99. The Labute approximate surface area is 170 Å². The van der Waals surface area contributed by atoms with Crippen LogP contribution in [0.5, 0.6) is 5.75 Å². The lowest BCUT2D eigenvalue weighted by atomic mass is 10.1. The Balaban J connectivity index is 1.47. The highest BCUT2D eigenvalue weighted by atomic mass is 32.2. The van der Waals surface area contributed by atoms with E-state index in [2.05, 4.69) is 15.5 Å². The van der Waals surface area contributed by atoms with Gasteiger partial charge in [0, 0.05) is 17.8 Å². The zero-order chi connectivity index (χ0) is 20.8. The quantitative estimate of drug-likeness (QED) is 0.335. The molecule has 29 heavy (non-hydrogen) atoms. The van der Waals surface area contributed by atoms with Gasteiger partial charge in [0.25, 0.3) is 16.8 Å². The van der Waals surface area contributed by atoms with E-state index in [1.165, 1.54) is 24.3 Å². The third-order valence-electron chi connectivity index (χ3n) is 4.04. The molecule has 3 rings (SSSR count). The zero-order valence-corrected chi connectivity index (χ0v) is 16.6. The number of benzene rings is 2. The first-order valence-corrected chi connectivity index (χ1v) is 9.59. The lowest BCUT2D eigenvalue weighted by molar-refractivity contribution is -0.384. The highest BCUT2D eigenvalue weighted by Gasteiger charge is 2.12. The molecule has 1 N–H and O–H groups in total. The summed E-state index contributed by atoms with van der Waals surface area (Å²) in [7, 11) is 0. The van der Waals surface area contributed by atoms with Crippen molar-refractivity contribution in [3.8, 4) is 5.75 Å². The van der Waals surface area contributed by atoms with Crippen LogP contribution >= 0.6 is 11.8 Å². The van der Waals surface area contributed by atoms with E-state index in [9.17, 15) is 14.9 Å². The normalized spacial score (nSPS) is 10.6. The zero-order valence-electron chi connectivity index (χ0n) is 15.7. The van der Waals surface area contributed by atoms with Gasteiger partial charge in [-0.1, -0.05) is 23.9 Å². The van der Waals surface area contributed by atoms with Gasteiger partial charge in [-0.15, -0.1) is 10.2 Å². The number of nitrogens with one attached hydrogen (secondary N) is 1. The lowest BCUT2D eigenvalue weighted by Gasteiger charge is -2.08. The maximum Gasteiger partial charge on any atom is 0.277 e. The molecule has 3 aromatic rings. The van der Waals surface area contributed by atoms with Gasteiger partial charge in [-0.2, -0.15) is 0 Å². The molecule has 9 nitrogen and oxygen atoms in total. The van der Waals surface area contributed by atoms with Gasteiger partial charge in [0.1, 0.15) is 5.75 Å². The number of hydrogen-bond donors (Lipinski definition) is 1. The van der Waals surface area contributed by atoms with Crippen LogP contribution in [-0.4, -0.2) is 26.8 Å². The number of anilines is 1. The molecule has 150 valence electrons. The second-order valence-corrected chi connectivity index (χ2v) is 7.02. The molecule has 0 saturated carbocycles. The SMILES string of the molecule is Cc1cccc(OCc2nnc(SCC(=O)Nc3ccc([N+](=O)[O-])cc3)o2)c1C. The summed E-state index contributed by atoms with van der Waals surface area (Å²) in [6.45, 7) is 4.11. The van der Waals surface area contributed by atoms with E-state index in [1.54, 1.807) is 0 Å². The number of aromatic nitrogens is 2. The second-order valence-electron chi connectivity index (χ2n) is 6.09. The predicted molar refractivity (Wildman–Crippen MR) is 107 cm³/mol. The van der Waals surface area contributed by atoms with Crippen LogP contribution in [0, 0.1) is 24.0 Å². The van der Waals surface area contributed by atoms with E-state index >= 15 is 0 Å². The number of ether oxygens (including phenoxy) is 1. The van der Waals surface area contributed by atoms with Crippen LogP contribution in [0.1, 0.15) is 17.0 Å². The van der Waals surface area contributed by atoms with Crippen molar-refractivity contribution in [1.82, 2.24) is 10.2 Å². The topological polar surface area (TPSA) is 120 Å². The van der Waals surface area contributed by atoms with Gasteiger partial charge in [0.15, 0.2) is 6.61 Å². The third kappa shape index (κ3) is 5.55. The Morgan fingerprint density at radius 2 is 1.97 bits per heavy atom. The average molecular weight is 414 g/mol. The molecule has 1 amide bonds. The van der Waals surface area contributed by atoms with Crippen LogP contribution in [0.15, 0.2) is 52.1 Å². The molecule has 0 aliphatic carbocycles. The van der Waals surface area contributed by atoms with Crippen molar-refractivity contribution in [3.63, 3.8) is 0 Å². The van der Waals surface area contributed by atoms with Gasteiger partial charge in [-0.3, -0.25) is 14.9 Å². The van der Waals surface area contributed by atoms with Gasteiger partial charge < -0.3 is 14.5 Å². The molecular weight excluding hydrogens is 396 g/mol. The van der Waals surface area contributed by atoms with Crippen LogP contribution in [0.2, 0.25) is 0 Å². The first kappa shape index (κ1) is 20.3. The predicted octanol–water partition coefficient (Wildman–Crippen LogP) is 3.90. The molecule has 0 radical (unpaired) electrons. The fourth-order valence-corrected chi connectivity index (χ4v) is 2.95. The Bertz CT molecular complexity index is 1020. The van der Waals surface area contributed by atoms with Crippen molar-refractivity contribution in [2.45, 2.75) is 25.7 Å². The molecule has 1 heterocycles. The largest absolute Gasteiger partial charge is 0.484 e. The molecule has 0 aliphatic heterocycles. The summed E-state index contributed by atoms with van der Waals surface area (Å²) in [5.74, 6) is 0.815. The first-order valence-electron chi connectivity index (χ1n) is 8.61. The molecule has 0 fully saturated rings. The molecule has 1 aromatic heterocycles. The maximum absolute atomic E-state index is 12.0. The molecule has 0 aliphatic rings. The summed E-state index contributed by atoms with van der Waals surface area (Å²) in [6, 6.07) is 11.4. The van der Waals surface area contributed by atoms with E-state index in [1.807, 2.05) is 32.0 Å². The number of thioether (sulfide) groups is 1. The molecule has 0 spiro atoms. The van der Waals surface area contributed by atoms with Gasteiger partial charge in [-0.05, 0) is 43.2 Å². The van der Waals surface area contributed by atoms with Crippen molar-refractivity contribution in [3.05, 3.63) is 69.6 Å². The Morgan fingerprint density at radius 1 is 1.21 bits per heavy atom. The summed E-state index contributed by atoms with van der Waals surface area (Å²) < 4.78 is 11.2. The minimum Gasteiger partial charge on any atom is -0.484 e. The number of aryl methyl sites for hydroxylation is 1. The Kier molecular flexibility index (Phi) is 6.45. The number of nitrogens with zero attached hydrogens (tertiary/aromatic N) is 3. The summed E-state index contributed by atoms with van der Waals surface area (Å²) in [5.41, 5.74) is 2.60. The Morgan fingerprint density at radius 3 is 2.69 bits per heavy atom. The summed E-state index contributed by atoms with van der Waals surface area (Å²) in [6.07, 6.45) is 0. The monoisotopic (exact) mass is 414 g/mol. The smallest absolute Gasteiger partial charge is 0.277 e. The van der Waals surface area contributed by atoms with Crippen LogP contribution in [0.4, 0.5) is 11.4 Å². The van der Waals surface area contributed by atoms with Gasteiger partial charge >= 0.3 is 0 Å². The van der Waals surface area contributed by atoms with E-state index in [0.717, 1.165) is 28.6 Å². The van der Waals surface area contributed by atoms with E-state index < -0.39 is 4.92 Å². The summed E-state index contributed by atoms with van der Waals surface area (Å²) in [4.78, 5) is 22.1. The lowest BCUT2D eigenvalue weighted by Crippen LogP contribution is -2.13. The molecule has 0 saturated heterocycles. The van der Waals surface area contributed by atoms with E-state index in [0.29, 0.717) is 11.6 Å². The fraction of sp³-hybridized carbons (Fsp3) is 0.211. The number of amides is 1. The number of carbonyl (C=O) groups is 1. The van der Waals surface area contributed by atoms with Gasteiger partial charge in [-0.25, -0.2) is 0 Å². The fourth-order valence-electron chi connectivity index (χ4n) is 2.37. The summed E-state index contributed by atoms with van der Waals surface area (Å²) >= 11 is 1.09. The molecule has 10 heteroatoms. The van der Waals surface area contributed by atoms with Crippen LogP contribution in [-0.2, 0) is 11.4 Å². The maximum atomic E-state index is 12.0. The van der Waals surface area contributed by atoms with Gasteiger partial charge in [0.05, 0.1) is 10.7 Å². The molecular formula is C19H18N4O5S. The molecule has 0 atom stereocenters. The van der Waals surface area contributed by atoms with E-state index in [-0.39, 0.29) is 29.2 Å². The number of nitro groups is 1. The number of carbonyl (C=O) groups excluding carboxylic acids is 1. The number of rotatable bonds is 8. The minimum absolute atomic E-state index is 0.0427. The Hall–Kier alpha value is -3.40. The van der Waals surface area contributed by atoms with Crippen molar-refractivity contribution in [1.29, 1.82) is 0 Å². The van der Waals surface area contributed by atoms with Crippen molar-refractivity contribution >= 4 is 29.0 Å². The van der Waals surface area contributed by atoms with Crippen LogP contribution in [0.3, 0.4) is 0 Å². The van der Waals surface area contributed by atoms with Gasteiger partial charge in [0.2, 0.25) is 5.91 Å². The molecule has 0 bridgehead atoms. The highest BCUT2D eigenvalue weighted by Crippen LogP contribution is 2.23. The molecule has 0 unspecified atom stereocenters. The average Bonchev–Trinajstić information content (AvgIpc) is 3.16. The minimum atomic E-state index is -0.501. The second kappa shape index (κ2) is 9.20.